The molecule has 6 heteroatoms. The molecule has 0 saturated carbocycles. The average Bonchev–Trinajstić information content (AvgIpc) is 2.69. The lowest BCUT2D eigenvalue weighted by Crippen LogP contribution is -2.34. The van der Waals surface area contributed by atoms with Gasteiger partial charge in [0.2, 0.25) is 0 Å². The number of hydrogen-bond donors (Lipinski definition) is 3. The largest absolute Gasteiger partial charge is 0.393 e. The molecule has 29 heavy (non-hydrogen) atoms. The van der Waals surface area contributed by atoms with Crippen LogP contribution >= 0.6 is 0 Å². The van der Waals surface area contributed by atoms with Gasteiger partial charge in [-0.25, -0.2) is 4.79 Å². The van der Waals surface area contributed by atoms with Gasteiger partial charge in [-0.05, 0) is 13.3 Å². The molecule has 3 N–H and O–H groups in total. The Hall–Kier alpha value is -0.980. The monoisotopic (exact) mass is 416 g/mol. The molecule has 0 aliphatic rings. The second kappa shape index (κ2) is 19.0. The highest BCUT2D eigenvalue weighted by Crippen LogP contribution is 2.18. The van der Waals surface area contributed by atoms with Crippen molar-refractivity contribution >= 4 is 11.9 Å². The first-order chi connectivity index (χ1) is 13.9. The zero-order valence-electron chi connectivity index (χ0n) is 18.6. The Morgan fingerprint density at radius 2 is 1.14 bits per heavy atom. The van der Waals surface area contributed by atoms with E-state index in [1.54, 1.807) is 0 Å². The van der Waals surface area contributed by atoms with E-state index in [0.29, 0.717) is 6.42 Å². The summed E-state index contributed by atoms with van der Waals surface area (Å²) in [5, 5.41) is 27.6. The van der Waals surface area contributed by atoms with Gasteiger partial charge >= 0.3 is 11.9 Å². The summed E-state index contributed by atoms with van der Waals surface area (Å²) in [5.74, 6) is -2.81. The minimum atomic E-state index is -1.73. The van der Waals surface area contributed by atoms with E-state index in [0.717, 1.165) is 19.3 Å². The molecule has 0 aromatic heterocycles. The van der Waals surface area contributed by atoms with Gasteiger partial charge < -0.3 is 20.1 Å². The minimum Gasteiger partial charge on any atom is -0.393 e. The molecule has 0 aromatic carbocycles. The third kappa shape index (κ3) is 15.5. The molecule has 0 aromatic rings. The van der Waals surface area contributed by atoms with Crippen molar-refractivity contribution in [3.63, 3.8) is 0 Å². The molecule has 0 aliphatic carbocycles. The fraction of sp³-hybridized carbons (Fsp3) is 0.913. The van der Waals surface area contributed by atoms with Gasteiger partial charge in [0.15, 0.2) is 6.10 Å². The fourth-order valence-electron chi connectivity index (χ4n) is 3.43. The van der Waals surface area contributed by atoms with Crippen LogP contribution < -0.4 is 0 Å². The molecule has 0 bridgehead atoms. The smallest absolute Gasteiger partial charge is 0.345 e. The highest BCUT2D eigenvalue weighted by Gasteiger charge is 2.28. The standard InChI is InChI=1S/C23H44O6/c1-3-4-5-6-7-8-9-10-11-12-13-14-15-16-17-20(19(2)25)22(27)29-23(28)21(26)18-24/h19-21,24-26H,3-18H2,1-2H3. The van der Waals surface area contributed by atoms with Crippen LogP contribution in [0.1, 0.15) is 110 Å². The summed E-state index contributed by atoms with van der Waals surface area (Å²) in [5.41, 5.74) is 0. The van der Waals surface area contributed by atoms with Crippen LogP contribution in [0.15, 0.2) is 0 Å². The predicted molar refractivity (Wildman–Crippen MR) is 114 cm³/mol. The quantitative estimate of drug-likeness (QED) is 0.165. The third-order valence-corrected chi connectivity index (χ3v) is 5.40. The molecule has 0 saturated heterocycles. The number of aliphatic hydroxyl groups excluding tert-OH is 3. The van der Waals surface area contributed by atoms with E-state index < -0.39 is 36.7 Å². The Morgan fingerprint density at radius 1 is 0.724 bits per heavy atom. The lowest BCUT2D eigenvalue weighted by molar-refractivity contribution is -0.171. The molecular formula is C23H44O6. The highest BCUT2D eigenvalue weighted by molar-refractivity contribution is 5.89. The number of hydrogen-bond acceptors (Lipinski definition) is 6. The number of unbranched alkanes of at least 4 members (excludes halogenated alkanes) is 13. The van der Waals surface area contributed by atoms with E-state index in [2.05, 4.69) is 11.7 Å². The van der Waals surface area contributed by atoms with Gasteiger partial charge in [0.05, 0.1) is 18.6 Å². The van der Waals surface area contributed by atoms with E-state index in [1.807, 2.05) is 0 Å². The van der Waals surface area contributed by atoms with Crippen molar-refractivity contribution in [2.24, 2.45) is 5.92 Å². The summed E-state index contributed by atoms with van der Waals surface area (Å²) >= 11 is 0. The zero-order chi connectivity index (χ0) is 21.9. The maximum atomic E-state index is 12.0. The van der Waals surface area contributed by atoms with Gasteiger partial charge in [-0.1, -0.05) is 96.8 Å². The van der Waals surface area contributed by atoms with Crippen molar-refractivity contribution in [2.75, 3.05) is 6.61 Å². The molecule has 6 nitrogen and oxygen atoms in total. The summed E-state index contributed by atoms with van der Waals surface area (Å²) in [6, 6.07) is 0. The maximum Gasteiger partial charge on any atom is 0.345 e. The molecule has 0 heterocycles. The summed E-state index contributed by atoms with van der Waals surface area (Å²) in [6.45, 7) is 2.93. The average molecular weight is 417 g/mol. The van der Waals surface area contributed by atoms with Crippen LogP contribution in [-0.2, 0) is 14.3 Å². The first kappa shape index (κ1) is 28.0. The normalized spacial score (nSPS) is 14.4. The molecule has 3 atom stereocenters. The Labute approximate surface area is 177 Å². The first-order valence-electron chi connectivity index (χ1n) is 11.7. The molecule has 0 radical (unpaired) electrons. The van der Waals surface area contributed by atoms with E-state index in [9.17, 15) is 14.7 Å². The van der Waals surface area contributed by atoms with Gasteiger partial charge in [0.25, 0.3) is 0 Å². The van der Waals surface area contributed by atoms with Crippen molar-refractivity contribution in [1.82, 2.24) is 0 Å². The number of carbonyl (C=O) groups excluding carboxylic acids is 2. The van der Waals surface area contributed by atoms with Gasteiger partial charge in [0, 0.05) is 0 Å². The Balaban J connectivity index is 3.70. The van der Waals surface area contributed by atoms with Crippen molar-refractivity contribution in [3.8, 4) is 0 Å². The summed E-state index contributed by atoms with van der Waals surface area (Å²) in [4.78, 5) is 23.4. The van der Waals surface area contributed by atoms with Crippen molar-refractivity contribution in [1.29, 1.82) is 0 Å². The molecule has 0 aliphatic heterocycles. The van der Waals surface area contributed by atoms with Crippen molar-refractivity contribution < 1.29 is 29.6 Å². The first-order valence-corrected chi connectivity index (χ1v) is 11.7. The zero-order valence-corrected chi connectivity index (χ0v) is 18.6. The number of esters is 2. The molecule has 3 unspecified atom stereocenters. The minimum absolute atomic E-state index is 0.441. The third-order valence-electron chi connectivity index (χ3n) is 5.40. The fourth-order valence-corrected chi connectivity index (χ4v) is 3.43. The van der Waals surface area contributed by atoms with E-state index in [4.69, 9.17) is 10.2 Å². The van der Waals surface area contributed by atoms with E-state index in [-0.39, 0.29) is 0 Å². The van der Waals surface area contributed by atoms with Crippen LogP contribution in [0.3, 0.4) is 0 Å². The van der Waals surface area contributed by atoms with Crippen LogP contribution in [0.4, 0.5) is 0 Å². The lowest BCUT2D eigenvalue weighted by atomic mass is 9.95. The van der Waals surface area contributed by atoms with Gasteiger partial charge in [-0.15, -0.1) is 0 Å². The van der Waals surface area contributed by atoms with Gasteiger partial charge in [-0.3, -0.25) is 4.79 Å². The maximum absolute atomic E-state index is 12.0. The summed E-state index contributed by atoms with van der Waals surface area (Å²) < 4.78 is 4.55. The number of aliphatic hydroxyl groups is 3. The summed E-state index contributed by atoms with van der Waals surface area (Å²) in [6.07, 6.45) is 15.2. The number of carbonyl (C=O) groups is 2. The molecule has 0 spiro atoms. The topological polar surface area (TPSA) is 104 Å². The molecule has 0 rings (SSSR count). The second-order valence-corrected chi connectivity index (χ2v) is 8.17. The van der Waals surface area contributed by atoms with Gasteiger partial charge in [-0.2, -0.15) is 0 Å². The Morgan fingerprint density at radius 3 is 1.52 bits per heavy atom. The molecular weight excluding hydrogens is 372 g/mol. The van der Waals surface area contributed by atoms with E-state index in [1.165, 1.54) is 77.6 Å². The van der Waals surface area contributed by atoms with E-state index >= 15 is 0 Å². The van der Waals surface area contributed by atoms with Crippen LogP contribution in [0, 0.1) is 5.92 Å². The van der Waals surface area contributed by atoms with Crippen LogP contribution in [0.2, 0.25) is 0 Å². The predicted octanol–water partition coefficient (Wildman–Crippen LogP) is 4.28. The molecule has 0 fully saturated rings. The SMILES string of the molecule is CCCCCCCCCCCCCCCCC(C(=O)OC(=O)C(O)CO)C(C)O. The number of ether oxygens (including phenoxy) is 1. The second-order valence-electron chi connectivity index (χ2n) is 8.17. The van der Waals surface area contributed by atoms with Crippen molar-refractivity contribution in [2.45, 2.75) is 122 Å². The summed E-state index contributed by atoms with van der Waals surface area (Å²) in [7, 11) is 0. The Kier molecular flexibility index (Phi) is 18.4. The van der Waals surface area contributed by atoms with Crippen LogP contribution in [-0.4, -0.2) is 46.1 Å². The molecule has 172 valence electrons. The van der Waals surface area contributed by atoms with Crippen molar-refractivity contribution in [3.05, 3.63) is 0 Å². The lowest BCUT2D eigenvalue weighted by Gasteiger charge is -2.18. The van der Waals surface area contributed by atoms with Crippen LogP contribution in [0.25, 0.3) is 0 Å². The number of rotatable bonds is 19. The van der Waals surface area contributed by atoms with Gasteiger partial charge in [0.1, 0.15) is 0 Å². The molecule has 0 amide bonds. The van der Waals surface area contributed by atoms with Crippen LogP contribution in [0.5, 0.6) is 0 Å². The Bertz CT molecular complexity index is 410. The highest BCUT2D eigenvalue weighted by atomic mass is 16.6.